The van der Waals surface area contributed by atoms with Gasteiger partial charge < -0.3 is 10.6 Å². The summed E-state index contributed by atoms with van der Waals surface area (Å²) in [7, 11) is 0. The van der Waals surface area contributed by atoms with Gasteiger partial charge in [0.15, 0.2) is 0 Å². The predicted octanol–water partition coefficient (Wildman–Crippen LogP) is 5.33. The maximum atomic E-state index is 12.5. The van der Waals surface area contributed by atoms with Crippen LogP contribution in [0, 0.1) is 11.8 Å². The van der Waals surface area contributed by atoms with E-state index in [4.69, 9.17) is 23.2 Å². The first-order chi connectivity index (χ1) is 12.4. The summed E-state index contributed by atoms with van der Waals surface area (Å²) in [6, 6.07) is 12.7. The van der Waals surface area contributed by atoms with Gasteiger partial charge in [-0.15, -0.1) is 0 Å². The molecule has 26 heavy (non-hydrogen) atoms. The normalized spacial score (nSPS) is 18.5. The number of hydrogen-bond acceptors (Lipinski definition) is 2. The van der Waals surface area contributed by atoms with Crippen molar-refractivity contribution in [2.45, 2.75) is 26.2 Å². The molecule has 0 bridgehead atoms. The minimum absolute atomic E-state index is 0.136. The van der Waals surface area contributed by atoms with Gasteiger partial charge >= 0.3 is 0 Å². The van der Waals surface area contributed by atoms with Gasteiger partial charge in [-0.05, 0) is 36.1 Å². The fourth-order valence-electron chi connectivity index (χ4n) is 2.95. The molecule has 0 saturated heterocycles. The van der Waals surface area contributed by atoms with E-state index in [9.17, 15) is 9.59 Å². The fourth-order valence-corrected chi connectivity index (χ4v) is 3.44. The van der Waals surface area contributed by atoms with Crippen molar-refractivity contribution in [2.75, 3.05) is 10.6 Å². The molecule has 0 heterocycles. The number of para-hydroxylation sites is 2. The van der Waals surface area contributed by atoms with Crippen molar-refractivity contribution in [3.8, 4) is 0 Å². The Hall–Kier alpha value is -2.04. The number of hydrogen-bond donors (Lipinski definition) is 2. The van der Waals surface area contributed by atoms with Crippen molar-refractivity contribution in [1.29, 1.82) is 0 Å². The van der Waals surface area contributed by atoms with E-state index in [0.717, 1.165) is 11.3 Å². The van der Waals surface area contributed by atoms with Crippen molar-refractivity contribution in [2.24, 2.45) is 11.8 Å². The number of carbonyl (C=O) groups excluding carboxylic acids is 2. The Labute approximate surface area is 162 Å². The molecule has 0 radical (unpaired) electrons. The van der Waals surface area contributed by atoms with Crippen molar-refractivity contribution in [3.63, 3.8) is 0 Å². The van der Waals surface area contributed by atoms with E-state index >= 15 is 0 Å². The van der Waals surface area contributed by atoms with Gasteiger partial charge in [0.1, 0.15) is 0 Å². The van der Waals surface area contributed by atoms with Crippen LogP contribution in [0.1, 0.15) is 31.7 Å². The van der Waals surface area contributed by atoms with E-state index in [1.807, 2.05) is 24.3 Å². The number of rotatable bonds is 5. The number of carbonyl (C=O) groups is 2. The molecule has 1 saturated carbocycles. The summed E-state index contributed by atoms with van der Waals surface area (Å²) < 4.78 is 0. The van der Waals surface area contributed by atoms with Crippen LogP contribution >= 0.6 is 23.2 Å². The molecule has 1 aliphatic carbocycles. The third-order valence-corrected chi connectivity index (χ3v) is 5.15. The molecule has 2 N–H and O–H groups in total. The van der Waals surface area contributed by atoms with Crippen LogP contribution in [0.15, 0.2) is 42.5 Å². The molecular formula is C20H20Cl2N2O2. The molecule has 0 aliphatic heterocycles. The largest absolute Gasteiger partial charge is 0.326 e. The summed E-state index contributed by atoms with van der Waals surface area (Å²) in [5, 5.41) is 6.44. The highest BCUT2D eigenvalue weighted by atomic mass is 35.5. The van der Waals surface area contributed by atoms with Gasteiger partial charge in [-0.1, -0.05) is 61.3 Å². The van der Waals surface area contributed by atoms with Crippen LogP contribution in [-0.4, -0.2) is 11.8 Å². The Balaban J connectivity index is 1.63. The van der Waals surface area contributed by atoms with Crippen molar-refractivity contribution >= 4 is 46.4 Å². The summed E-state index contributed by atoms with van der Waals surface area (Å²) in [6.07, 6.45) is 0.517. The topological polar surface area (TPSA) is 58.2 Å². The number of amides is 2. The highest BCUT2D eigenvalue weighted by Crippen LogP contribution is 2.41. The van der Waals surface area contributed by atoms with Crippen LogP contribution in [0.2, 0.25) is 10.0 Å². The van der Waals surface area contributed by atoms with E-state index in [0.29, 0.717) is 28.1 Å². The molecule has 4 nitrogen and oxygen atoms in total. The maximum Gasteiger partial charge on any atom is 0.228 e. The van der Waals surface area contributed by atoms with Gasteiger partial charge in [-0.25, -0.2) is 0 Å². The van der Waals surface area contributed by atoms with Gasteiger partial charge in [0.2, 0.25) is 11.8 Å². The third-order valence-electron chi connectivity index (χ3n) is 4.52. The minimum atomic E-state index is -0.367. The minimum Gasteiger partial charge on any atom is -0.326 e. The second-order valence-corrected chi connectivity index (χ2v) is 7.58. The molecule has 136 valence electrons. The van der Waals surface area contributed by atoms with Crippen molar-refractivity contribution in [1.82, 2.24) is 0 Å². The Kier molecular flexibility index (Phi) is 5.54. The SMILES string of the molecule is CC(C)c1ccccc1NC(=O)C1CC1C(=O)Nc1c(Cl)cccc1Cl. The van der Waals surface area contributed by atoms with Crippen LogP contribution in [-0.2, 0) is 9.59 Å². The van der Waals surface area contributed by atoms with E-state index in [1.165, 1.54) is 0 Å². The lowest BCUT2D eigenvalue weighted by molar-refractivity contribution is -0.122. The van der Waals surface area contributed by atoms with Gasteiger partial charge in [0.25, 0.3) is 0 Å². The molecule has 1 aliphatic rings. The molecule has 2 atom stereocenters. The number of anilines is 2. The highest BCUT2D eigenvalue weighted by molar-refractivity contribution is 6.39. The standard InChI is InChI=1S/C20H20Cl2N2O2/c1-11(2)12-6-3-4-9-17(12)23-19(25)13-10-14(13)20(26)24-18-15(21)7-5-8-16(18)22/h3-9,11,13-14H,10H2,1-2H3,(H,23,25)(H,24,26). The van der Waals surface area contributed by atoms with E-state index in [1.54, 1.807) is 18.2 Å². The lowest BCUT2D eigenvalue weighted by Crippen LogP contribution is -2.21. The number of benzene rings is 2. The van der Waals surface area contributed by atoms with Crippen LogP contribution in [0.3, 0.4) is 0 Å². The maximum absolute atomic E-state index is 12.5. The Morgan fingerprint density at radius 1 is 0.923 bits per heavy atom. The molecule has 2 aromatic rings. The molecule has 0 aromatic heterocycles. The van der Waals surface area contributed by atoms with Gasteiger partial charge in [-0.2, -0.15) is 0 Å². The molecule has 1 fully saturated rings. The summed E-state index contributed by atoms with van der Waals surface area (Å²) in [6.45, 7) is 4.15. The lowest BCUT2D eigenvalue weighted by Gasteiger charge is -2.13. The second kappa shape index (κ2) is 7.68. The zero-order valence-corrected chi connectivity index (χ0v) is 16.1. The highest BCUT2D eigenvalue weighted by Gasteiger charge is 2.48. The first kappa shape index (κ1) is 18.7. The fraction of sp³-hybridized carbons (Fsp3) is 0.300. The quantitative estimate of drug-likeness (QED) is 0.724. The Morgan fingerprint density at radius 2 is 1.50 bits per heavy atom. The smallest absolute Gasteiger partial charge is 0.228 e. The molecular weight excluding hydrogens is 371 g/mol. The Morgan fingerprint density at radius 3 is 2.12 bits per heavy atom. The van der Waals surface area contributed by atoms with E-state index < -0.39 is 0 Å². The van der Waals surface area contributed by atoms with Crippen LogP contribution in [0.4, 0.5) is 11.4 Å². The van der Waals surface area contributed by atoms with E-state index in [-0.39, 0.29) is 23.7 Å². The van der Waals surface area contributed by atoms with E-state index in [2.05, 4.69) is 24.5 Å². The van der Waals surface area contributed by atoms with Crippen molar-refractivity contribution in [3.05, 3.63) is 58.1 Å². The molecule has 2 unspecified atom stereocenters. The first-order valence-electron chi connectivity index (χ1n) is 8.53. The summed E-state index contributed by atoms with van der Waals surface area (Å²) in [5.41, 5.74) is 2.26. The monoisotopic (exact) mass is 390 g/mol. The van der Waals surface area contributed by atoms with Gasteiger partial charge in [-0.3, -0.25) is 9.59 Å². The number of halogens is 2. The second-order valence-electron chi connectivity index (χ2n) is 6.77. The van der Waals surface area contributed by atoms with Crippen LogP contribution in [0.25, 0.3) is 0 Å². The summed E-state index contributed by atoms with van der Waals surface area (Å²) >= 11 is 12.1. The van der Waals surface area contributed by atoms with Crippen molar-refractivity contribution < 1.29 is 9.59 Å². The summed E-state index contributed by atoms with van der Waals surface area (Å²) in [4.78, 5) is 24.9. The average molecular weight is 391 g/mol. The molecule has 3 rings (SSSR count). The average Bonchev–Trinajstić information content (AvgIpc) is 3.39. The molecule has 6 heteroatoms. The summed E-state index contributed by atoms with van der Waals surface area (Å²) in [5.74, 6) is -0.780. The van der Waals surface area contributed by atoms with Crippen LogP contribution in [0.5, 0.6) is 0 Å². The van der Waals surface area contributed by atoms with Gasteiger partial charge in [0, 0.05) is 5.69 Å². The Bertz CT molecular complexity index is 831. The lowest BCUT2D eigenvalue weighted by atomic mass is 10.0. The zero-order valence-electron chi connectivity index (χ0n) is 14.6. The molecule has 0 spiro atoms. The first-order valence-corrected chi connectivity index (χ1v) is 9.28. The third kappa shape index (κ3) is 4.02. The molecule has 2 amide bonds. The predicted molar refractivity (Wildman–Crippen MR) is 106 cm³/mol. The van der Waals surface area contributed by atoms with Crippen LogP contribution < -0.4 is 10.6 Å². The molecule has 2 aromatic carbocycles. The van der Waals surface area contributed by atoms with Gasteiger partial charge in [0.05, 0.1) is 27.6 Å². The zero-order chi connectivity index (χ0) is 18.8. The number of nitrogens with one attached hydrogen (secondary N) is 2.